The number of benzene rings is 2. The van der Waals surface area contributed by atoms with Crippen molar-refractivity contribution in [1.82, 2.24) is 0 Å². The van der Waals surface area contributed by atoms with E-state index in [1.54, 1.807) is 45.0 Å². The van der Waals surface area contributed by atoms with Crippen LogP contribution in [-0.4, -0.2) is 32.3 Å². The van der Waals surface area contributed by atoms with Gasteiger partial charge in [-0.3, -0.25) is 10.0 Å². The van der Waals surface area contributed by atoms with Gasteiger partial charge in [0.2, 0.25) is 0 Å². The molecule has 0 saturated heterocycles. The quantitative estimate of drug-likeness (QED) is 0.668. The maximum atomic E-state index is 12.7. The molecule has 0 aromatic heterocycles. The zero-order valence-corrected chi connectivity index (χ0v) is 16.3. The molecule has 0 saturated carbocycles. The van der Waals surface area contributed by atoms with Crippen molar-refractivity contribution in [3.8, 4) is 11.5 Å². The fraction of sp³-hybridized carbons (Fsp3) is 0.278. The molecular formula is C18H22N2O6S. The maximum absolute atomic E-state index is 12.7. The number of para-hydroxylation sites is 2. The first-order valence-corrected chi connectivity index (χ1v) is 9.49. The lowest BCUT2D eigenvalue weighted by atomic mass is 10.2. The molecule has 9 heteroatoms. The molecule has 0 aliphatic heterocycles. The molecule has 2 rings (SSSR count). The summed E-state index contributed by atoms with van der Waals surface area (Å²) in [5, 5.41) is 12.3. The molecule has 2 aromatic carbocycles. The van der Waals surface area contributed by atoms with Gasteiger partial charge in [0, 0.05) is 0 Å². The predicted molar refractivity (Wildman–Crippen MR) is 102 cm³/mol. The predicted octanol–water partition coefficient (Wildman–Crippen LogP) is 3.55. The van der Waals surface area contributed by atoms with Gasteiger partial charge >= 0.3 is 6.09 Å². The number of phenolic OH excluding ortho intramolecular Hbond substituents is 1. The monoisotopic (exact) mass is 394 g/mol. The molecule has 0 atom stereocenters. The third kappa shape index (κ3) is 5.52. The smallest absolute Gasteiger partial charge is 0.412 e. The van der Waals surface area contributed by atoms with E-state index in [4.69, 9.17) is 9.47 Å². The number of phenols is 1. The molecule has 0 spiro atoms. The Morgan fingerprint density at radius 1 is 1.07 bits per heavy atom. The first kappa shape index (κ1) is 20.4. The fourth-order valence-corrected chi connectivity index (χ4v) is 3.22. The summed E-state index contributed by atoms with van der Waals surface area (Å²) < 4.78 is 38.0. The van der Waals surface area contributed by atoms with Crippen LogP contribution in [0.1, 0.15) is 20.8 Å². The number of anilines is 2. The van der Waals surface area contributed by atoms with Crippen LogP contribution in [0.15, 0.2) is 47.4 Å². The Morgan fingerprint density at radius 2 is 1.74 bits per heavy atom. The molecule has 146 valence electrons. The number of carbonyl (C=O) groups excluding carboxylic acids is 1. The molecule has 27 heavy (non-hydrogen) atoms. The van der Waals surface area contributed by atoms with Crippen molar-refractivity contribution >= 4 is 27.5 Å². The lowest BCUT2D eigenvalue weighted by Gasteiger charge is -2.20. The summed E-state index contributed by atoms with van der Waals surface area (Å²) in [5.41, 5.74) is -0.573. The van der Waals surface area contributed by atoms with Crippen LogP contribution in [0.3, 0.4) is 0 Å². The number of sulfonamides is 1. The molecule has 0 aliphatic rings. The van der Waals surface area contributed by atoms with Crippen LogP contribution < -0.4 is 14.8 Å². The van der Waals surface area contributed by atoms with Gasteiger partial charge in [-0.05, 0) is 51.1 Å². The van der Waals surface area contributed by atoms with E-state index in [0.29, 0.717) is 5.75 Å². The van der Waals surface area contributed by atoms with Crippen LogP contribution in [0, 0.1) is 0 Å². The lowest BCUT2D eigenvalue weighted by molar-refractivity contribution is 0.0635. The molecule has 2 aromatic rings. The van der Waals surface area contributed by atoms with Gasteiger partial charge in [0.1, 0.15) is 17.1 Å². The number of hydrogen-bond donors (Lipinski definition) is 3. The van der Waals surface area contributed by atoms with Gasteiger partial charge in [0.15, 0.2) is 0 Å². The molecule has 3 N–H and O–H groups in total. The Hall–Kier alpha value is -2.94. The number of ether oxygens (including phenoxy) is 2. The Bertz CT molecular complexity index is 935. The second kappa shape index (κ2) is 7.75. The maximum Gasteiger partial charge on any atom is 0.412 e. The van der Waals surface area contributed by atoms with Crippen molar-refractivity contribution in [2.24, 2.45) is 0 Å². The number of aromatic hydroxyl groups is 1. The summed E-state index contributed by atoms with van der Waals surface area (Å²) in [6.07, 6.45) is -0.815. The number of nitrogens with one attached hydrogen (secondary N) is 2. The van der Waals surface area contributed by atoms with Crippen LogP contribution in [0.4, 0.5) is 16.2 Å². The summed E-state index contributed by atoms with van der Waals surface area (Å²) >= 11 is 0. The highest BCUT2D eigenvalue weighted by Gasteiger charge is 2.21. The second-order valence-electron chi connectivity index (χ2n) is 6.61. The number of methoxy groups -OCH3 is 1. The second-order valence-corrected chi connectivity index (χ2v) is 8.29. The van der Waals surface area contributed by atoms with Crippen LogP contribution in [0.25, 0.3) is 0 Å². The number of amides is 1. The Balaban J connectivity index is 2.29. The summed E-state index contributed by atoms with van der Waals surface area (Å²) in [5.74, 6) is 0.0593. The molecular weight excluding hydrogens is 372 g/mol. The summed E-state index contributed by atoms with van der Waals surface area (Å²) in [4.78, 5) is 11.7. The van der Waals surface area contributed by atoms with E-state index < -0.39 is 21.7 Å². The van der Waals surface area contributed by atoms with Crippen molar-refractivity contribution in [2.45, 2.75) is 31.3 Å². The minimum absolute atomic E-state index is 0.0906. The lowest BCUT2D eigenvalue weighted by Crippen LogP contribution is -2.27. The van der Waals surface area contributed by atoms with E-state index in [1.807, 2.05) is 0 Å². The molecule has 0 unspecified atom stereocenters. The zero-order valence-electron chi connectivity index (χ0n) is 15.4. The van der Waals surface area contributed by atoms with Gasteiger partial charge in [-0.1, -0.05) is 12.1 Å². The van der Waals surface area contributed by atoms with Crippen molar-refractivity contribution in [1.29, 1.82) is 0 Å². The highest BCUT2D eigenvalue weighted by Crippen LogP contribution is 2.30. The van der Waals surface area contributed by atoms with Crippen molar-refractivity contribution < 1.29 is 27.8 Å². The average molecular weight is 394 g/mol. The summed E-state index contributed by atoms with van der Waals surface area (Å²) in [6, 6.07) is 10.1. The number of carbonyl (C=O) groups is 1. The Morgan fingerprint density at radius 3 is 2.37 bits per heavy atom. The van der Waals surface area contributed by atoms with Gasteiger partial charge < -0.3 is 14.6 Å². The fourth-order valence-electron chi connectivity index (χ4n) is 2.13. The number of hydrogen-bond acceptors (Lipinski definition) is 6. The minimum Gasteiger partial charge on any atom is -0.506 e. The van der Waals surface area contributed by atoms with Crippen LogP contribution >= 0.6 is 0 Å². The standard InChI is InChI=1S/C18H22N2O6S/c1-18(2,3)26-17(22)19-14-11-12(9-10-15(14)21)27(23,24)20-13-7-5-6-8-16(13)25-4/h5-11,20-21H,1-4H3,(H,19,22). The third-order valence-electron chi connectivity index (χ3n) is 3.27. The molecule has 1 amide bonds. The van der Waals surface area contributed by atoms with Crippen molar-refractivity contribution in [2.75, 3.05) is 17.1 Å². The normalized spacial score (nSPS) is 11.6. The zero-order chi connectivity index (χ0) is 20.2. The van der Waals surface area contributed by atoms with Gasteiger partial charge in [0.05, 0.1) is 23.4 Å². The molecule has 0 fully saturated rings. The highest BCUT2D eigenvalue weighted by atomic mass is 32.2. The first-order valence-electron chi connectivity index (χ1n) is 8.01. The summed E-state index contributed by atoms with van der Waals surface area (Å²) in [7, 11) is -2.56. The van der Waals surface area contributed by atoms with Crippen molar-refractivity contribution in [3.05, 3.63) is 42.5 Å². The van der Waals surface area contributed by atoms with Gasteiger partial charge in [-0.2, -0.15) is 0 Å². The van der Waals surface area contributed by atoms with Gasteiger partial charge in [-0.15, -0.1) is 0 Å². The minimum atomic E-state index is -3.99. The molecule has 0 aliphatic carbocycles. The van der Waals surface area contributed by atoms with Gasteiger partial charge in [-0.25, -0.2) is 13.2 Å². The van der Waals surface area contributed by atoms with Crippen molar-refractivity contribution in [3.63, 3.8) is 0 Å². The van der Waals surface area contributed by atoms with Gasteiger partial charge in [0.25, 0.3) is 10.0 Å². The first-order chi connectivity index (χ1) is 12.5. The molecule has 0 radical (unpaired) electrons. The molecule has 8 nitrogen and oxygen atoms in total. The number of rotatable bonds is 5. The van der Waals surface area contributed by atoms with E-state index in [0.717, 1.165) is 6.07 Å². The summed E-state index contributed by atoms with van der Waals surface area (Å²) in [6.45, 7) is 5.06. The van der Waals surface area contributed by atoms with E-state index >= 15 is 0 Å². The topological polar surface area (TPSA) is 114 Å². The van der Waals surface area contributed by atoms with E-state index in [1.165, 1.54) is 19.2 Å². The third-order valence-corrected chi connectivity index (χ3v) is 4.63. The van der Waals surface area contributed by atoms with Crippen LogP contribution in [-0.2, 0) is 14.8 Å². The molecule has 0 bridgehead atoms. The highest BCUT2D eigenvalue weighted by molar-refractivity contribution is 7.92. The SMILES string of the molecule is COc1ccccc1NS(=O)(=O)c1ccc(O)c(NC(=O)OC(C)(C)C)c1. The Kier molecular flexibility index (Phi) is 5.85. The average Bonchev–Trinajstić information content (AvgIpc) is 2.55. The largest absolute Gasteiger partial charge is 0.506 e. The van der Waals surface area contributed by atoms with E-state index in [2.05, 4.69) is 10.0 Å². The van der Waals surface area contributed by atoms with E-state index in [9.17, 15) is 18.3 Å². The van der Waals surface area contributed by atoms with Crippen LogP contribution in [0.5, 0.6) is 11.5 Å². The molecule has 0 heterocycles. The van der Waals surface area contributed by atoms with Crippen LogP contribution in [0.2, 0.25) is 0 Å². The van der Waals surface area contributed by atoms with E-state index in [-0.39, 0.29) is 22.0 Å². The Labute approximate surface area is 158 Å².